The first-order valence-electron chi connectivity index (χ1n) is 5.20. The maximum Gasteiger partial charge on any atom is 0.127 e. The van der Waals surface area contributed by atoms with Crippen molar-refractivity contribution in [2.24, 2.45) is 0 Å². The molecule has 0 bridgehead atoms. The van der Waals surface area contributed by atoms with Gasteiger partial charge >= 0.3 is 0 Å². The van der Waals surface area contributed by atoms with E-state index in [1.54, 1.807) is 12.1 Å². The van der Waals surface area contributed by atoms with Gasteiger partial charge in [0, 0.05) is 12.1 Å². The van der Waals surface area contributed by atoms with E-state index in [9.17, 15) is 4.39 Å². The maximum atomic E-state index is 13.2. The van der Waals surface area contributed by atoms with Gasteiger partial charge in [0.05, 0.1) is 6.04 Å². The molecule has 1 N–H and O–H groups in total. The summed E-state index contributed by atoms with van der Waals surface area (Å²) in [5.74, 6) is 2.48. The Morgan fingerprint density at radius 1 is 1.47 bits per heavy atom. The van der Waals surface area contributed by atoms with Crippen LogP contribution < -0.4 is 5.32 Å². The standard InChI is InChI=1S/C13H16FN/c1-3-7-12(4-2)15-10-11-8-5-6-9-13(11)14/h2,5-6,8-9,12,15H,3,7,10H2,1H3. The zero-order valence-corrected chi connectivity index (χ0v) is 8.96. The average Bonchev–Trinajstić information content (AvgIpc) is 2.26. The average molecular weight is 205 g/mol. The smallest absolute Gasteiger partial charge is 0.127 e. The van der Waals surface area contributed by atoms with Crippen molar-refractivity contribution in [3.05, 3.63) is 35.6 Å². The van der Waals surface area contributed by atoms with Crippen LogP contribution in [0.4, 0.5) is 4.39 Å². The number of rotatable bonds is 5. The number of benzene rings is 1. The molecule has 2 heteroatoms. The summed E-state index contributed by atoms with van der Waals surface area (Å²) in [5, 5.41) is 3.15. The molecule has 0 aliphatic heterocycles. The van der Waals surface area contributed by atoms with Crippen molar-refractivity contribution in [3.63, 3.8) is 0 Å². The first kappa shape index (κ1) is 11.7. The molecular formula is C13H16FN. The van der Waals surface area contributed by atoms with Crippen molar-refractivity contribution in [2.75, 3.05) is 0 Å². The predicted molar refractivity (Wildman–Crippen MR) is 60.8 cm³/mol. The fourth-order valence-corrected chi connectivity index (χ4v) is 1.41. The topological polar surface area (TPSA) is 12.0 Å². The van der Waals surface area contributed by atoms with Crippen LogP contribution >= 0.6 is 0 Å². The van der Waals surface area contributed by atoms with Gasteiger partial charge in [-0.05, 0) is 12.5 Å². The summed E-state index contributed by atoms with van der Waals surface area (Å²) in [6.45, 7) is 2.57. The van der Waals surface area contributed by atoms with Crippen molar-refractivity contribution in [3.8, 4) is 12.3 Å². The molecule has 0 fully saturated rings. The van der Waals surface area contributed by atoms with Gasteiger partial charge in [0.2, 0.25) is 0 Å². The first-order valence-corrected chi connectivity index (χ1v) is 5.20. The van der Waals surface area contributed by atoms with E-state index in [1.807, 2.05) is 6.07 Å². The Hall–Kier alpha value is -1.33. The molecule has 0 saturated heterocycles. The molecular weight excluding hydrogens is 189 g/mol. The summed E-state index contributed by atoms with van der Waals surface area (Å²) >= 11 is 0. The third-order valence-corrected chi connectivity index (χ3v) is 2.28. The van der Waals surface area contributed by atoms with Crippen LogP contribution in [-0.4, -0.2) is 6.04 Å². The van der Waals surface area contributed by atoms with Crippen molar-refractivity contribution in [1.29, 1.82) is 0 Å². The summed E-state index contributed by atoms with van der Waals surface area (Å²) in [5.41, 5.74) is 0.661. The van der Waals surface area contributed by atoms with Crippen molar-refractivity contribution < 1.29 is 4.39 Å². The van der Waals surface area contributed by atoms with Crippen LogP contribution in [0.1, 0.15) is 25.3 Å². The second-order valence-electron chi connectivity index (χ2n) is 3.48. The lowest BCUT2D eigenvalue weighted by Crippen LogP contribution is -2.27. The Balaban J connectivity index is 2.50. The molecule has 15 heavy (non-hydrogen) atoms. The number of hydrogen-bond donors (Lipinski definition) is 1. The maximum absolute atomic E-state index is 13.2. The normalized spacial score (nSPS) is 12.1. The molecule has 1 rings (SSSR count). The van der Waals surface area contributed by atoms with E-state index < -0.39 is 0 Å². The van der Waals surface area contributed by atoms with Crippen LogP contribution in [0, 0.1) is 18.2 Å². The quantitative estimate of drug-likeness (QED) is 0.729. The van der Waals surface area contributed by atoms with Crippen LogP contribution in [0.2, 0.25) is 0 Å². The number of nitrogens with one attached hydrogen (secondary N) is 1. The van der Waals surface area contributed by atoms with Gasteiger partial charge in [-0.3, -0.25) is 5.32 Å². The molecule has 0 spiro atoms. The van der Waals surface area contributed by atoms with Crippen LogP contribution in [-0.2, 0) is 6.54 Å². The Bertz CT molecular complexity index is 341. The van der Waals surface area contributed by atoms with E-state index in [4.69, 9.17) is 6.42 Å². The van der Waals surface area contributed by atoms with Crippen LogP contribution in [0.3, 0.4) is 0 Å². The van der Waals surface area contributed by atoms with E-state index in [2.05, 4.69) is 18.2 Å². The molecule has 1 atom stereocenters. The highest BCUT2D eigenvalue weighted by Crippen LogP contribution is 2.06. The van der Waals surface area contributed by atoms with Gasteiger partial charge in [-0.15, -0.1) is 6.42 Å². The van der Waals surface area contributed by atoms with E-state index in [0.29, 0.717) is 12.1 Å². The first-order chi connectivity index (χ1) is 7.27. The summed E-state index contributed by atoms with van der Waals surface area (Å²) in [7, 11) is 0. The second kappa shape index (κ2) is 6.21. The molecule has 0 saturated carbocycles. The molecule has 0 radical (unpaired) electrons. The Kier molecular flexibility index (Phi) is 4.86. The zero-order chi connectivity index (χ0) is 11.1. The summed E-state index contributed by atoms with van der Waals surface area (Å²) in [4.78, 5) is 0. The van der Waals surface area contributed by atoms with Crippen molar-refractivity contribution in [2.45, 2.75) is 32.4 Å². The van der Waals surface area contributed by atoms with Crippen molar-refractivity contribution >= 4 is 0 Å². The third kappa shape index (κ3) is 3.73. The second-order valence-corrected chi connectivity index (χ2v) is 3.48. The highest BCUT2D eigenvalue weighted by molar-refractivity contribution is 5.17. The minimum absolute atomic E-state index is 0.0367. The van der Waals surface area contributed by atoms with E-state index in [-0.39, 0.29) is 11.9 Å². The van der Waals surface area contributed by atoms with Crippen LogP contribution in [0.5, 0.6) is 0 Å². The molecule has 80 valence electrons. The van der Waals surface area contributed by atoms with Gasteiger partial charge in [-0.2, -0.15) is 0 Å². The minimum Gasteiger partial charge on any atom is -0.299 e. The van der Waals surface area contributed by atoms with E-state index in [0.717, 1.165) is 12.8 Å². The van der Waals surface area contributed by atoms with Gasteiger partial charge in [-0.25, -0.2) is 4.39 Å². The van der Waals surface area contributed by atoms with Gasteiger partial charge in [0.1, 0.15) is 5.82 Å². The lowest BCUT2D eigenvalue weighted by molar-refractivity contribution is 0.539. The lowest BCUT2D eigenvalue weighted by Gasteiger charge is -2.12. The van der Waals surface area contributed by atoms with Gasteiger partial charge in [0.25, 0.3) is 0 Å². The molecule has 1 unspecified atom stereocenters. The minimum atomic E-state index is -0.183. The number of halogens is 1. The number of hydrogen-bond acceptors (Lipinski definition) is 1. The molecule has 0 heterocycles. The highest BCUT2D eigenvalue weighted by atomic mass is 19.1. The largest absolute Gasteiger partial charge is 0.299 e. The monoisotopic (exact) mass is 205 g/mol. The molecule has 1 aromatic carbocycles. The third-order valence-electron chi connectivity index (χ3n) is 2.28. The Labute approximate surface area is 90.7 Å². The zero-order valence-electron chi connectivity index (χ0n) is 8.96. The molecule has 1 aromatic rings. The molecule has 0 aromatic heterocycles. The van der Waals surface area contributed by atoms with Gasteiger partial charge in [0.15, 0.2) is 0 Å². The molecule has 0 aliphatic carbocycles. The predicted octanol–water partition coefficient (Wildman–Crippen LogP) is 2.72. The van der Waals surface area contributed by atoms with Crippen molar-refractivity contribution in [1.82, 2.24) is 5.32 Å². The Morgan fingerprint density at radius 2 is 2.20 bits per heavy atom. The lowest BCUT2D eigenvalue weighted by atomic mass is 10.1. The van der Waals surface area contributed by atoms with Crippen LogP contribution in [0.15, 0.2) is 24.3 Å². The number of terminal acetylenes is 1. The van der Waals surface area contributed by atoms with E-state index in [1.165, 1.54) is 6.07 Å². The molecule has 1 nitrogen and oxygen atoms in total. The van der Waals surface area contributed by atoms with Crippen LogP contribution in [0.25, 0.3) is 0 Å². The summed E-state index contributed by atoms with van der Waals surface area (Å²) in [6, 6.07) is 6.77. The highest BCUT2D eigenvalue weighted by Gasteiger charge is 2.04. The Morgan fingerprint density at radius 3 is 2.80 bits per heavy atom. The molecule has 0 aliphatic rings. The summed E-state index contributed by atoms with van der Waals surface area (Å²) < 4.78 is 13.2. The summed E-state index contributed by atoms with van der Waals surface area (Å²) in [6.07, 6.45) is 7.30. The fraction of sp³-hybridized carbons (Fsp3) is 0.385. The molecule has 0 amide bonds. The SMILES string of the molecule is C#CC(CCC)NCc1ccccc1F. The fourth-order valence-electron chi connectivity index (χ4n) is 1.41. The van der Waals surface area contributed by atoms with Gasteiger partial charge < -0.3 is 0 Å². The van der Waals surface area contributed by atoms with E-state index >= 15 is 0 Å². The van der Waals surface area contributed by atoms with Gasteiger partial charge in [-0.1, -0.05) is 37.5 Å².